The van der Waals surface area contributed by atoms with Gasteiger partial charge in [-0.25, -0.2) is 18.1 Å². The van der Waals surface area contributed by atoms with E-state index in [1.54, 1.807) is 20.1 Å². The van der Waals surface area contributed by atoms with E-state index in [1.165, 1.54) is 6.07 Å². The number of halogens is 1. The molecule has 32 heavy (non-hydrogen) atoms. The van der Waals surface area contributed by atoms with E-state index in [0.29, 0.717) is 29.3 Å². The lowest BCUT2D eigenvalue weighted by Gasteiger charge is -2.19. The summed E-state index contributed by atoms with van der Waals surface area (Å²) in [5.74, 6) is -0.270. The molecule has 7 nitrogen and oxygen atoms in total. The van der Waals surface area contributed by atoms with Crippen LogP contribution in [0.3, 0.4) is 0 Å². The average Bonchev–Trinajstić information content (AvgIpc) is 3.04. The minimum Gasteiger partial charge on any atom is -0.495 e. The first kappa shape index (κ1) is 24.1. The molecule has 0 aliphatic carbocycles. The van der Waals surface area contributed by atoms with Crippen molar-refractivity contribution in [1.82, 2.24) is 14.7 Å². The third kappa shape index (κ3) is 5.24. The van der Waals surface area contributed by atoms with E-state index in [2.05, 4.69) is 35.5 Å². The van der Waals surface area contributed by atoms with Crippen LogP contribution in [-0.4, -0.2) is 37.2 Å². The second-order valence-corrected chi connectivity index (χ2v) is 11.0. The number of rotatable bonds is 7. The van der Waals surface area contributed by atoms with Crippen LogP contribution in [-0.2, 0) is 21.9 Å². The highest BCUT2D eigenvalue weighted by molar-refractivity contribution is 7.90. The second-order valence-electron chi connectivity index (χ2n) is 8.70. The molecule has 0 saturated heterocycles. The maximum atomic E-state index is 12.5. The van der Waals surface area contributed by atoms with Gasteiger partial charge in [0, 0.05) is 40.2 Å². The van der Waals surface area contributed by atoms with Gasteiger partial charge < -0.3 is 9.72 Å². The Kier molecular flexibility index (Phi) is 6.86. The highest BCUT2D eigenvalue weighted by Gasteiger charge is 2.24. The number of carbonyl (C=O) groups is 1. The highest BCUT2D eigenvalue weighted by atomic mass is 35.5. The van der Waals surface area contributed by atoms with Crippen molar-refractivity contribution >= 4 is 38.4 Å². The molecule has 0 unspecified atom stereocenters. The van der Waals surface area contributed by atoms with Gasteiger partial charge in [-0.05, 0) is 30.2 Å². The van der Waals surface area contributed by atoms with Gasteiger partial charge >= 0.3 is 0 Å². The van der Waals surface area contributed by atoms with Crippen molar-refractivity contribution in [2.24, 2.45) is 0 Å². The predicted octanol–water partition coefficient (Wildman–Crippen LogP) is 4.58. The van der Waals surface area contributed by atoms with E-state index in [-0.39, 0.29) is 16.9 Å². The van der Waals surface area contributed by atoms with Crippen LogP contribution in [0.1, 0.15) is 61.6 Å². The molecular weight excluding hydrogens is 450 g/mol. The number of benzene rings is 1. The Balaban J connectivity index is 2.02. The van der Waals surface area contributed by atoms with Crippen LogP contribution in [0.25, 0.3) is 10.9 Å². The zero-order valence-corrected chi connectivity index (χ0v) is 20.4. The number of nitrogens with zero attached hydrogens (tertiary/aromatic N) is 1. The summed E-state index contributed by atoms with van der Waals surface area (Å²) in [6.07, 6.45) is 0.859. The third-order valence-electron chi connectivity index (χ3n) is 5.05. The minimum atomic E-state index is -3.68. The molecule has 2 heterocycles. The Morgan fingerprint density at radius 1 is 1.25 bits per heavy atom. The van der Waals surface area contributed by atoms with Crippen LogP contribution in [0.5, 0.6) is 5.75 Å². The number of sulfonamides is 1. The fourth-order valence-corrected chi connectivity index (χ4v) is 4.90. The topological polar surface area (TPSA) is 101 Å². The summed E-state index contributed by atoms with van der Waals surface area (Å²) in [7, 11) is -2.11. The van der Waals surface area contributed by atoms with Crippen LogP contribution in [0.15, 0.2) is 30.3 Å². The van der Waals surface area contributed by atoms with Crippen molar-refractivity contribution in [3.05, 3.63) is 58.0 Å². The Labute approximate surface area is 193 Å². The number of aromatic nitrogens is 2. The Morgan fingerprint density at radius 2 is 1.97 bits per heavy atom. The van der Waals surface area contributed by atoms with Gasteiger partial charge in [-0.2, -0.15) is 0 Å². The van der Waals surface area contributed by atoms with Crippen molar-refractivity contribution < 1.29 is 17.9 Å². The van der Waals surface area contributed by atoms with Gasteiger partial charge in [0.2, 0.25) is 10.0 Å². The molecule has 0 aliphatic heterocycles. The number of hydrogen-bond acceptors (Lipinski definition) is 5. The molecule has 172 valence electrons. The largest absolute Gasteiger partial charge is 0.495 e. The van der Waals surface area contributed by atoms with Crippen molar-refractivity contribution in [3.63, 3.8) is 0 Å². The van der Waals surface area contributed by atoms with Gasteiger partial charge in [0.1, 0.15) is 11.4 Å². The fraction of sp³-hybridized carbons (Fsp3) is 0.391. The number of carbonyl (C=O) groups excluding carboxylic acids is 1. The summed E-state index contributed by atoms with van der Waals surface area (Å²) in [4.78, 5) is 20.4. The zero-order chi connectivity index (χ0) is 23.7. The quantitative estimate of drug-likeness (QED) is 0.518. The Bertz CT molecular complexity index is 1260. The Morgan fingerprint density at radius 3 is 2.59 bits per heavy atom. The minimum absolute atomic E-state index is 0.0547. The van der Waals surface area contributed by atoms with E-state index in [1.807, 2.05) is 18.2 Å². The molecule has 0 spiro atoms. The summed E-state index contributed by atoms with van der Waals surface area (Å²) >= 11 is 6.39. The van der Waals surface area contributed by atoms with E-state index in [0.717, 1.165) is 22.2 Å². The lowest BCUT2D eigenvalue weighted by Crippen LogP contribution is -2.33. The molecule has 0 bridgehead atoms. The molecule has 9 heteroatoms. The summed E-state index contributed by atoms with van der Waals surface area (Å²) in [6.45, 7) is 8.06. The van der Waals surface area contributed by atoms with Crippen molar-refractivity contribution in [1.29, 1.82) is 0 Å². The van der Waals surface area contributed by atoms with Crippen molar-refractivity contribution in [2.45, 2.75) is 46.0 Å². The van der Waals surface area contributed by atoms with Gasteiger partial charge in [-0.15, -0.1) is 0 Å². The first-order valence-electron chi connectivity index (χ1n) is 10.3. The first-order chi connectivity index (χ1) is 14.9. The normalized spacial score (nSPS) is 12.2. The van der Waals surface area contributed by atoms with Gasteiger partial charge in [-0.1, -0.05) is 45.4 Å². The number of ether oxygens (including phenoxy) is 1. The molecule has 3 aromatic rings. The monoisotopic (exact) mass is 477 g/mol. The molecule has 1 amide bonds. The number of amides is 1. The van der Waals surface area contributed by atoms with Gasteiger partial charge in [0.15, 0.2) is 0 Å². The van der Waals surface area contributed by atoms with Crippen molar-refractivity contribution in [3.8, 4) is 5.75 Å². The van der Waals surface area contributed by atoms with Crippen molar-refractivity contribution in [2.75, 3.05) is 12.9 Å². The van der Waals surface area contributed by atoms with E-state index in [4.69, 9.17) is 16.3 Å². The Hall–Kier alpha value is -2.58. The molecule has 0 atom stereocenters. The molecule has 0 saturated carbocycles. The fourth-order valence-electron chi connectivity index (χ4n) is 3.63. The smallest absolute Gasteiger partial charge is 0.283 e. The highest BCUT2D eigenvalue weighted by Crippen LogP contribution is 2.37. The third-order valence-corrected chi connectivity index (χ3v) is 6.78. The van der Waals surface area contributed by atoms with E-state index >= 15 is 0 Å². The molecule has 3 rings (SSSR count). The van der Waals surface area contributed by atoms with Crippen LogP contribution in [0.2, 0.25) is 5.02 Å². The zero-order valence-electron chi connectivity index (χ0n) is 18.9. The van der Waals surface area contributed by atoms with Gasteiger partial charge in [0.25, 0.3) is 5.91 Å². The molecule has 0 aliphatic rings. The number of aromatic amines is 1. The van der Waals surface area contributed by atoms with Gasteiger partial charge in [0.05, 0.1) is 17.9 Å². The summed E-state index contributed by atoms with van der Waals surface area (Å²) in [6, 6.07) is 8.75. The number of hydrogen-bond donors (Lipinski definition) is 2. The summed E-state index contributed by atoms with van der Waals surface area (Å²) in [5, 5.41) is 1.45. The summed E-state index contributed by atoms with van der Waals surface area (Å²) < 4.78 is 31.3. The van der Waals surface area contributed by atoms with Crippen LogP contribution >= 0.6 is 11.6 Å². The lowest BCUT2D eigenvalue weighted by atomic mass is 9.87. The van der Waals surface area contributed by atoms with Crippen LogP contribution in [0.4, 0.5) is 0 Å². The lowest BCUT2D eigenvalue weighted by molar-refractivity contribution is 0.0976. The van der Waals surface area contributed by atoms with Gasteiger partial charge in [-0.3, -0.25) is 4.79 Å². The number of fused-ring (bicyclic) bond motifs is 1. The SMILES string of the molecule is CCCS(=O)(=O)NC(=O)c1cccc(Cc2c(C(C)(C)C)[nH]c3cc(OC)c(Cl)cc23)n1. The van der Waals surface area contributed by atoms with Crippen LogP contribution < -0.4 is 9.46 Å². The summed E-state index contributed by atoms with van der Waals surface area (Å²) in [5.41, 5.74) is 3.45. The number of nitrogens with one attached hydrogen (secondary N) is 2. The second kappa shape index (κ2) is 9.11. The number of methoxy groups -OCH3 is 1. The number of H-pyrrole nitrogens is 1. The number of pyridine rings is 1. The predicted molar refractivity (Wildman–Crippen MR) is 127 cm³/mol. The maximum absolute atomic E-state index is 12.5. The van der Waals surface area contributed by atoms with E-state index in [9.17, 15) is 13.2 Å². The maximum Gasteiger partial charge on any atom is 0.283 e. The molecule has 0 radical (unpaired) electrons. The average molecular weight is 478 g/mol. The molecule has 1 aromatic carbocycles. The van der Waals surface area contributed by atoms with Crippen LogP contribution in [0, 0.1) is 0 Å². The standard InChI is InChI=1S/C23H28ClN3O4S/c1-6-10-32(29,30)27-22(28)18-9-7-8-14(25-18)11-16-15-12-17(24)20(31-5)13-19(15)26-21(16)23(2,3)4/h7-9,12-13,26H,6,10-11H2,1-5H3,(H,27,28). The van der Waals surface area contributed by atoms with E-state index < -0.39 is 15.9 Å². The molecule has 2 N–H and O–H groups in total. The first-order valence-corrected chi connectivity index (χ1v) is 12.4. The molecular formula is C23H28ClN3O4S. The molecule has 2 aromatic heterocycles. The molecule has 0 fully saturated rings.